The van der Waals surface area contributed by atoms with Gasteiger partial charge in [-0.3, -0.25) is 4.99 Å². The molecule has 0 atom stereocenters. The third kappa shape index (κ3) is 5.73. The molecule has 1 fully saturated rings. The molecular formula is C20H29N5S. The molecule has 0 bridgehead atoms. The quantitative estimate of drug-likeness (QED) is 0.603. The third-order valence-electron chi connectivity index (χ3n) is 4.67. The van der Waals surface area contributed by atoms with Gasteiger partial charge in [-0.1, -0.05) is 25.0 Å². The fourth-order valence-corrected chi connectivity index (χ4v) is 3.88. The van der Waals surface area contributed by atoms with Gasteiger partial charge in [-0.15, -0.1) is 11.3 Å². The number of aromatic nitrogens is 1. The molecule has 0 aromatic carbocycles. The second kappa shape index (κ2) is 10.2. The van der Waals surface area contributed by atoms with Gasteiger partial charge in [-0.05, 0) is 42.3 Å². The Morgan fingerprint density at radius 3 is 2.65 bits per heavy atom. The predicted octanol–water partition coefficient (Wildman–Crippen LogP) is 3.43. The molecule has 0 unspecified atom stereocenters. The third-order valence-corrected chi connectivity index (χ3v) is 5.60. The number of aliphatic imine (C=N–C) groups is 1. The molecule has 0 amide bonds. The van der Waals surface area contributed by atoms with E-state index in [1.807, 2.05) is 6.20 Å². The summed E-state index contributed by atoms with van der Waals surface area (Å²) in [6, 6.07) is 8.57. The monoisotopic (exact) mass is 371 g/mol. The van der Waals surface area contributed by atoms with Gasteiger partial charge in [0.15, 0.2) is 5.96 Å². The van der Waals surface area contributed by atoms with Crippen molar-refractivity contribution in [3.8, 4) is 0 Å². The predicted molar refractivity (Wildman–Crippen MR) is 111 cm³/mol. The van der Waals surface area contributed by atoms with Crippen LogP contribution in [0.2, 0.25) is 0 Å². The molecule has 1 aliphatic rings. The van der Waals surface area contributed by atoms with E-state index in [2.05, 4.69) is 55.2 Å². The summed E-state index contributed by atoms with van der Waals surface area (Å²) in [6.07, 6.45) is 8.24. The molecule has 26 heavy (non-hydrogen) atoms. The Labute approximate surface area is 160 Å². The molecule has 0 spiro atoms. The van der Waals surface area contributed by atoms with Gasteiger partial charge in [0.05, 0.1) is 0 Å². The number of guanidine groups is 1. The van der Waals surface area contributed by atoms with E-state index in [9.17, 15) is 0 Å². The molecule has 0 saturated carbocycles. The Balaban J connectivity index is 1.44. The number of pyridine rings is 1. The Kier molecular flexibility index (Phi) is 7.31. The minimum atomic E-state index is 0.728. The van der Waals surface area contributed by atoms with Gasteiger partial charge < -0.3 is 15.5 Å². The Morgan fingerprint density at radius 2 is 2.00 bits per heavy atom. The lowest BCUT2D eigenvalue weighted by atomic mass is 10.2. The zero-order valence-corrected chi connectivity index (χ0v) is 16.4. The summed E-state index contributed by atoms with van der Waals surface area (Å²) in [5.41, 5.74) is 1.17. The summed E-state index contributed by atoms with van der Waals surface area (Å²) < 4.78 is 0. The smallest absolute Gasteiger partial charge is 0.191 e. The maximum Gasteiger partial charge on any atom is 0.191 e. The topological polar surface area (TPSA) is 52.6 Å². The summed E-state index contributed by atoms with van der Waals surface area (Å²) in [5, 5.41) is 8.84. The van der Waals surface area contributed by atoms with E-state index >= 15 is 0 Å². The van der Waals surface area contributed by atoms with Crippen molar-refractivity contribution in [2.75, 3.05) is 31.6 Å². The maximum atomic E-state index is 4.67. The van der Waals surface area contributed by atoms with Gasteiger partial charge in [-0.2, -0.15) is 0 Å². The number of thiophene rings is 1. The average molecular weight is 372 g/mol. The first-order valence-corrected chi connectivity index (χ1v) is 10.4. The summed E-state index contributed by atoms with van der Waals surface area (Å²) in [5.74, 6) is 1.94. The molecule has 5 nitrogen and oxygen atoms in total. The summed E-state index contributed by atoms with van der Waals surface area (Å²) >= 11 is 1.79. The normalized spacial score (nSPS) is 15.6. The Morgan fingerprint density at radius 1 is 1.15 bits per heavy atom. The van der Waals surface area contributed by atoms with Gasteiger partial charge in [0, 0.05) is 44.3 Å². The van der Waals surface area contributed by atoms with E-state index in [-0.39, 0.29) is 0 Å². The standard InChI is InChI=1S/C20H29N5S/c1-21-20(22-11-10-18-7-6-14-26-18)24-16-17-8-9-19(23-15-17)25-12-4-2-3-5-13-25/h6-9,14-15H,2-5,10-13,16H2,1H3,(H2,21,22,24). The van der Waals surface area contributed by atoms with Crippen LogP contribution in [0.25, 0.3) is 0 Å². The van der Waals surface area contributed by atoms with E-state index in [0.29, 0.717) is 0 Å². The molecule has 3 heterocycles. The summed E-state index contributed by atoms with van der Waals surface area (Å²) in [4.78, 5) is 12.8. The lowest BCUT2D eigenvalue weighted by molar-refractivity contribution is 0.726. The second-order valence-electron chi connectivity index (χ2n) is 6.61. The summed E-state index contributed by atoms with van der Waals surface area (Å²) in [6.45, 7) is 3.87. The van der Waals surface area contributed by atoms with Gasteiger partial charge >= 0.3 is 0 Å². The van der Waals surface area contributed by atoms with Crippen molar-refractivity contribution >= 4 is 23.1 Å². The largest absolute Gasteiger partial charge is 0.357 e. The molecular weight excluding hydrogens is 342 g/mol. The van der Waals surface area contributed by atoms with Gasteiger partial charge in [-0.25, -0.2) is 4.98 Å². The van der Waals surface area contributed by atoms with Crippen molar-refractivity contribution in [2.45, 2.75) is 38.6 Å². The first-order chi connectivity index (χ1) is 12.8. The molecule has 0 radical (unpaired) electrons. The molecule has 2 aromatic heterocycles. The number of rotatable bonds is 6. The van der Waals surface area contributed by atoms with Crippen molar-refractivity contribution in [3.63, 3.8) is 0 Å². The Hall–Kier alpha value is -2.08. The van der Waals surface area contributed by atoms with Gasteiger partial charge in [0.25, 0.3) is 0 Å². The molecule has 3 rings (SSSR count). The van der Waals surface area contributed by atoms with Crippen molar-refractivity contribution in [2.24, 2.45) is 4.99 Å². The lowest BCUT2D eigenvalue weighted by Gasteiger charge is -2.21. The highest BCUT2D eigenvalue weighted by atomic mass is 32.1. The lowest BCUT2D eigenvalue weighted by Crippen LogP contribution is -2.37. The number of hydrogen-bond acceptors (Lipinski definition) is 4. The van der Waals surface area contributed by atoms with Crippen LogP contribution in [0.5, 0.6) is 0 Å². The van der Waals surface area contributed by atoms with E-state index < -0.39 is 0 Å². The van der Waals surface area contributed by atoms with Crippen LogP contribution in [-0.4, -0.2) is 37.6 Å². The highest BCUT2D eigenvalue weighted by Gasteiger charge is 2.10. The van der Waals surface area contributed by atoms with Crippen LogP contribution < -0.4 is 15.5 Å². The number of nitrogens with zero attached hydrogens (tertiary/aromatic N) is 3. The molecule has 140 valence electrons. The fourth-order valence-electron chi connectivity index (χ4n) is 3.17. The highest BCUT2D eigenvalue weighted by molar-refractivity contribution is 7.09. The SMILES string of the molecule is CN=C(NCCc1cccs1)NCc1ccc(N2CCCCCC2)nc1. The van der Waals surface area contributed by atoms with Crippen LogP contribution in [0, 0.1) is 0 Å². The molecule has 2 N–H and O–H groups in total. The second-order valence-corrected chi connectivity index (χ2v) is 7.64. The molecule has 2 aromatic rings. The van der Waals surface area contributed by atoms with Gasteiger partial charge in [0.1, 0.15) is 5.82 Å². The van der Waals surface area contributed by atoms with Crippen LogP contribution >= 0.6 is 11.3 Å². The summed E-state index contributed by atoms with van der Waals surface area (Å²) in [7, 11) is 1.81. The molecule has 0 aliphatic carbocycles. The average Bonchev–Trinajstić information content (AvgIpc) is 3.05. The first-order valence-electron chi connectivity index (χ1n) is 9.52. The minimum absolute atomic E-state index is 0.728. The van der Waals surface area contributed by atoms with Gasteiger partial charge in [0.2, 0.25) is 0 Å². The van der Waals surface area contributed by atoms with E-state index in [1.165, 1.54) is 36.1 Å². The zero-order chi connectivity index (χ0) is 18.0. The van der Waals surface area contributed by atoms with Crippen LogP contribution in [0.15, 0.2) is 40.8 Å². The highest BCUT2D eigenvalue weighted by Crippen LogP contribution is 2.17. The van der Waals surface area contributed by atoms with E-state index in [1.54, 1.807) is 18.4 Å². The molecule has 1 saturated heterocycles. The number of anilines is 1. The molecule has 1 aliphatic heterocycles. The van der Waals surface area contributed by atoms with Crippen molar-refractivity contribution in [1.82, 2.24) is 15.6 Å². The Bertz CT molecular complexity index is 658. The number of hydrogen-bond donors (Lipinski definition) is 2. The van der Waals surface area contributed by atoms with Crippen molar-refractivity contribution < 1.29 is 0 Å². The van der Waals surface area contributed by atoms with E-state index in [0.717, 1.165) is 44.4 Å². The number of nitrogens with one attached hydrogen (secondary N) is 2. The fraction of sp³-hybridized carbons (Fsp3) is 0.500. The van der Waals surface area contributed by atoms with Crippen LogP contribution in [0.3, 0.4) is 0 Å². The van der Waals surface area contributed by atoms with Crippen LogP contribution in [0.4, 0.5) is 5.82 Å². The molecule has 6 heteroatoms. The van der Waals surface area contributed by atoms with E-state index in [4.69, 9.17) is 0 Å². The van der Waals surface area contributed by atoms with Crippen LogP contribution in [-0.2, 0) is 13.0 Å². The van der Waals surface area contributed by atoms with Crippen LogP contribution in [0.1, 0.15) is 36.1 Å². The van der Waals surface area contributed by atoms with Crippen molar-refractivity contribution in [3.05, 3.63) is 46.3 Å². The van der Waals surface area contributed by atoms with Crippen molar-refractivity contribution in [1.29, 1.82) is 0 Å². The maximum absolute atomic E-state index is 4.67. The zero-order valence-electron chi connectivity index (χ0n) is 15.6. The first kappa shape index (κ1) is 18.7. The minimum Gasteiger partial charge on any atom is -0.357 e.